The van der Waals surface area contributed by atoms with E-state index in [0.29, 0.717) is 0 Å². The van der Waals surface area contributed by atoms with E-state index in [1.165, 1.54) is 32.9 Å². The molecule has 0 aliphatic carbocycles. The molecule has 0 spiro atoms. The van der Waals surface area contributed by atoms with Crippen molar-refractivity contribution in [2.45, 2.75) is 56.9 Å². The molecule has 1 rings (SSSR count). The van der Waals surface area contributed by atoms with Crippen molar-refractivity contribution in [3.8, 4) is 0 Å². The monoisotopic (exact) mass is 345 g/mol. The highest BCUT2D eigenvalue weighted by Crippen LogP contribution is 2.13. The average molecular weight is 345 g/mol. The number of hydrogen-bond acceptors (Lipinski definition) is 6. The average Bonchev–Trinajstić information content (AvgIpc) is 2.44. The summed E-state index contributed by atoms with van der Waals surface area (Å²) in [7, 11) is -3.83. The number of carbonyl (C=O) groups is 1. The summed E-state index contributed by atoms with van der Waals surface area (Å²) in [6.07, 6.45) is -3.83. The summed E-state index contributed by atoms with van der Waals surface area (Å²) in [5, 5.41) is 20.0. The zero-order chi connectivity index (χ0) is 17.8. The first kappa shape index (κ1) is 19.6. The van der Waals surface area contributed by atoms with Crippen molar-refractivity contribution in [3.63, 3.8) is 0 Å². The third-order valence-corrected chi connectivity index (χ3v) is 4.94. The first-order valence-electron chi connectivity index (χ1n) is 7.17. The number of sulfonamides is 1. The fourth-order valence-corrected chi connectivity index (χ4v) is 3.26. The fraction of sp³-hybridized carbons (Fsp3) is 0.533. The maximum Gasteiger partial charge on any atom is 0.302 e. The van der Waals surface area contributed by atoms with E-state index in [1.807, 2.05) is 6.92 Å². The van der Waals surface area contributed by atoms with E-state index in [9.17, 15) is 23.4 Å². The number of esters is 1. The van der Waals surface area contributed by atoms with Crippen LogP contribution in [-0.4, -0.2) is 49.0 Å². The first-order chi connectivity index (χ1) is 10.5. The van der Waals surface area contributed by atoms with Crippen LogP contribution in [0.25, 0.3) is 0 Å². The molecule has 1 aromatic carbocycles. The van der Waals surface area contributed by atoms with Crippen molar-refractivity contribution in [1.82, 2.24) is 4.72 Å². The van der Waals surface area contributed by atoms with Gasteiger partial charge in [-0.2, -0.15) is 0 Å². The number of aliphatic hydroxyl groups is 2. The molecule has 0 unspecified atom stereocenters. The summed E-state index contributed by atoms with van der Waals surface area (Å²) in [5.74, 6) is -0.600. The largest absolute Gasteiger partial charge is 0.460 e. The molecule has 1 aromatic rings. The summed E-state index contributed by atoms with van der Waals surface area (Å²) >= 11 is 0. The van der Waals surface area contributed by atoms with E-state index < -0.39 is 40.3 Å². The van der Waals surface area contributed by atoms with Crippen molar-refractivity contribution in [1.29, 1.82) is 0 Å². The van der Waals surface area contributed by atoms with Crippen LogP contribution in [0.5, 0.6) is 0 Å². The molecule has 0 aromatic heterocycles. The van der Waals surface area contributed by atoms with Crippen molar-refractivity contribution < 1.29 is 28.2 Å². The molecule has 4 atom stereocenters. The third kappa shape index (κ3) is 5.58. The Bertz CT molecular complexity index is 628. The van der Waals surface area contributed by atoms with Crippen LogP contribution in [0.1, 0.15) is 26.3 Å². The molecule has 0 saturated carbocycles. The van der Waals surface area contributed by atoms with Crippen LogP contribution in [-0.2, 0) is 19.6 Å². The zero-order valence-electron chi connectivity index (χ0n) is 13.6. The quantitative estimate of drug-likeness (QED) is 0.614. The molecule has 0 aliphatic heterocycles. The van der Waals surface area contributed by atoms with Gasteiger partial charge in [-0.3, -0.25) is 4.79 Å². The van der Waals surface area contributed by atoms with Gasteiger partial charge in [0.2, 0.25) is 10.0 Å². The van der Waals surface area contributed by atoms with Crippen molar-refractivity contribution in [3.05, 3.63) is 29.8 Å². The van der Waals surface area contributed by atoms with E-state index in [-0.39, 0.29) is 4.90 Å². The maximum absolute atomic E-state index is 12.2. The van der Waals surface area contributed by atoms with Crippen LogP contribution in [0.15, 0.2) is 29.2 Å². The normalized spacial score (nSPS) is 17.1. The number of aryl methyl sites for hydroxylation is 1. The lowest BCUT2D eigenvalue weighted by Gasteiger charge is -2.28. The van der Waals surface area contributed by atoms with Gasteiger partial charge >= 0.3 is 5.97 Å². The number of ether oxygens (including phenoxy) is 1. The van der Waals surface area contributed by atoms with Crippen LogP contribution in [0.3, 0.4) is 0 Å². The van der Waals surface area contributed by atoms with E-state index in [2.05, 4.69) is 4.72 Å². The molecule has 0 radical (unpaired) electrons. The smallest absolute Gasteiger partial charge is 0.302 e. The van der Waals surface area contributed by atoms with Gasteiger partial charge in [-0.1, -0.05) is 17.7 Å². The van der Waals surface area contributed by atoms with Crippen LogP contribution in [0.4, 0.5) is 0 Å². The lowest BCUT2D eigenvalue weighted by Crippen LogP contribution is -2.50. The second kappa shape index (κ2) is 7.87. The van der Waals surface area contributed by atoms with Crippen LogP contribution in [0.2, 0.25) is 0 Å². The highest BCUT2D eigenvalue weighted by atomic mass is 32.2. The Labute approximate surface area is 136 Å². The van der Waals surface area contributed by atoms with Crippen molar-refractivity contribution >= 4 is 16.0 Å². The molecular formula is C15H23NO6S. The minimum Gasteiger partial charge on any atom is -0.460 e. The van der Waals surface area contributed by atoms with Gasteiger partial charge in [-0.05, 0) is 32.9 Å². The van der Waals surface area contributed by atoms with Gasteiger partial charge < -0.3 is 14.9 Å². The Balaban J connectivity index is 2.78. The van der Waals surface area contributed by atoms with Gasteiger partial charge in [0.1, 0.15) is 12.2 Å². The first-order valence-corrected chi connectivity index (χ1v) is 8.65. The second-order valence-corrected chi connectivity index (χ2v) is 7.23. The summed E-state index contributed by atoms with van der Waals surface area (Å²) in [6, 6.07) is 5.25. The SMILES string of the molecule is CC(=O)O[C@H](C)[C@@H](O)[C@H](O)[C@@H](C)NS(=O)(=O)c1ccc(C)cc1. The van der Waals surface area contributed by atoms with Gasteiger partial charge in [0.15, 0.2) is 0 Å². The Hall–Kier alpha value is -1.48. The third-order valence-electron chi connectivity index (χ3n) is 3.37. The van der Waals surface area contributed by atoms with Gasteiger partial charge in [-0.15, -0.1) is 0 Å². The minimum atomic E-state index is -3.83. The molecule has 8 heteroatoms. The number of rotatable bonds is 7. The highest BCUT2D eigenvalue weighted by molar-refractivity contribution is 7.89. The molecule has 0 heterocycles. The molecule has 0 aliphatic rings. The Morgan fingerprint density at radius 3 is 2.13 bits per heavy atom. The predicted octanol–water partition coefficient (Wildman–Crippen LogP) is 0.335. The fourth-order valence-electron chi connectivity index (χ4n) is 2.00. The minimum absolute atomic E-state index is 0.0599. The van der Waals surface area contributed by atoms with E-state index in [1.54, 1.807) is 12.1 Å². The number of aliphatic hydroxyl groups excluding tert-OH is 2. The number of carbonyl (C=O) groups excluding carboxylic acids is 1. The summed E-state index contributed by atoms with van der Waals surface area (Å²) in [4.78, 5) is 10.9. The second-order valence-electron chi connectivity index (χ2n) is 5.52. The molecule has 0 saturated heterocycles. The molecular weight excluding hydrogens is 322 g/mol. The van der Waals surface area contributed by atoms with Gasteiger partial charge in [0.25, 0.3) is 0 Å². The molecule has 0 amide bonds. The lowest BCUT2D eigenvalue weighted by atomic mass is 10.0. The Morgan fingerprint density at radius 2 is 1.65 bits per heavy atom. The zero-order valence-corrected chi connectivity index (χ0v) is 14.4. The topological polar surface area (TPSA) is 113 Å². The van der Waals surface area contributed by atoms with E-state index >= 15 is 0 Å². The molecule has 0 fully saturated rings. The van der Waals surface area contributed by atoms with Gasteiger partial charge in [-0.25, -0.2) is 13.1 Å². The Kier molecular flexibility index (Phi) is 6.69. The lowest BCUT2D eigenvalue weighted by molar-refractivity contribution is -0.156. The number of benzene rings is 1. The number of hydrogen-bond donors (Lipinski definition) is 3. The highest BCUT2D eigenvalue weighted by Gasteiger charge is 2.31. The van der Waals surface area contributed by atoms with E-state index in [0.717, 1.165) is 5.56 Å². The maximum atomic E-state index is 12.2. The van der Waals surface area contributed by atoms with Crippen LogP contribution in [0, 0.1) is 6.92 Å². The van der Waals surface area contributed by atoms with Crippen molar-refractivity contribution in [2.75, 3.05) is 0 Å². The van der Waals surface area contributed by atoms with Crippen LogP contribution >= 0.6 is 0 Å². The molecule has 23 heavy (non-hydrogen) atoms. The summed E-state index contributed by atoms with van der Waals surface area (Å²) in [6.45, 7) is 5.85. The Morgan fingerprint density at radius 1 is 1.13 bits per heavy atom. The van der Waals surface area contributed by atoms with Crippen LogP contribution < -0.4 is 4.72 Å². The summed E-state index contributed by atoms with van der Waals surface area (Å²) in [5.41, 5.74) is 0.919. The predicted molar refractivity (Wildman–Crippen MR) is 84.2 cm³/mol. The molecule has 3 N–H and O–H groups in total. The van der Waals surface area contributed by atoms with Gasteiger partial charge in [0.05, 0.1) is 11.0 Å². The standard InChI is InChI=1S/C15H23NO6S/c1-9-5-7-13(8-6-9)23(20,21)16-10(2)14(18)15(19)11(3)22-12(4)17/h5-8,10-11,14-16,18-19H,1-4H3/t10-,11-,14-,15-/m1/s1. The van der Waals surface area contributed by atoms with Gasteiger partial charge in [0, 0.05) is 13.0 Å². The van der Waals surface area contributed by atoms with Crippen molar-refractivity contribution in [2.24, 2.45) is 0 Å². The van der Waals surface area contributed by atoms with E-state index in [4.69, 9.17) is 4.74 Å². The molecule has 7 nitrogen and oxygen atoms in total. The number of nitrogens with one attached hydrogen (secondary N) is 1. The molecule has 0 bridgehead atoms. The summed E-state index contributed by atoms with van der Waals surface area (Å²) < 4.78 is 31.6. The molecule has 130 valence electrons.